The molecule has 0 aromatic rings. The molecule has 5 nitrogen and oxygen atoms in total. The topological polar surface area (TPSA) is 70.6 Å². The second-order valence-electron chi connectivity index (χ2n) is 4.63. The van der Waals surface area contributed by atoms with Gasteiger partial charge >= 0.3 is 0 Å². The molecule has 2 unspecified atom stereocenters. The number of carbonyl (C=O) groups excluding carboxylic acids is 1. The zero-order valence-corrected chi connectivity index (χ0v) is 10.1. The number of rotatable bonds is 6. The minimum absolute atomic E-state index is 0.0491. The number of ether oxygens (including phenoxy) is 1. The summed E-state index contributed by atoms with van der Waals surface area (Å²) in [6, 6.07) is -0.0973. The van der Waals surface area contributed by atoms with E-state index in [0.29, 0.717) is 13.0 Å². The largest absolute Gasteiger partial charge is 0.396 e. The highest BCUT2D eigenvalue weighted by atomic mass is 16.5. The van der Waals surface area contributed by atoms with Gasteiger partial charge in [0.2, 0.25) is 5.91 Å². The van der Waals surface area contributed by atoms with Gasteiger partial charge in [-0.1, -0.05) is 0 Å². The quantitative estimate of drug-likeness (QED) is 0.575. The lowest BCUT2D eigenvalue weighted by Gasteiger charge is -2.25. The molecule has 0 aliphatic carbocycles. The van der Waals surface area contributed by atoms with Gasteiger partial charge in [-0.15, -0.1) is 0 Å². The molecule has 0 aromatic carbocycles. The van der Waals surface area contributed by atoms with Crippen LogP contribution < -0.4 is 10.6 Å². The summed E-state index contributed by atoms with van der Waals surface area (Å²) in [6.07, 6.45) is 1.39. The number of methoxy groups -OCH3 is 1. The number of hydrogen-bond donors (Lipinski definition) is 3. The van der Waals surface area contributed by atoms with Gasteiger partial charge < -0.3 is 20.5 Å². The smallest absolute Gasteiger partial charge is 0.227 e. The predicted molar refractivity (Wildman–Crippen MR) is 61.1 cm³/mol. The fraction of sp³-hybridized carbons (Fsp3) is 0.909. The first-order valence-corrected chi connectivity index (χ1v) is 5.74. The van der Waals surface area contributed by atoms with Gasteiger partial charge in [-0.2, -0.15) is 0 Å². The van der Waals surface area contributed by atoms with Crippen LogP contribution in [0.5, 0.6) is 0 Å². The van der Waals surface area contributed by atoms with E-state index in [-0.39, 0.29) is 24.0 Å². The van der Waals surface area contributed by atoms with Gasteiger partial charge in [-0.3, -0.25) is 4.79 Å². The maximum Gasteiger partial charge on any atom is 0.227 e. The molecule has 1 amide bonds. The Morgan fingerprint density at radius 2 is 2.44 bits per heavy atom. The van der Waals surface area contributed by atoms with Gasteiger partial charge in [-0.05, 0) is 26.3 Å². The fourth-order valence-corrected chi connectivity index (χ4v) is 1.92. The molecule has 94 valence electrons. The van der Waals surface area contributed by atoms with Crippen LogP contribution in [0.3, 0.4) is 0 Å². The first-order chi connectivity index (χ1) is 7.62. The number of amides is 1. The van der Waals surface area contributed by atoms with Crippen molar-refractivity contribution in [3.05, 3.63) is 0 Å². The van der Waals surface area contributed by atoms with Crippen molar-refractivity contribution in [2.24, 2.45) is 5.41 Å². The van der Waals surface area contributed by atoms with E-state index in [9.17, 15) is 4.79 Å². The number of hydrogen-bond acceptors (Lipinski definition) is 4. The van der Waals surface area contributed by atoms with Gasteiger partial charge in [0, 0.05) is 20.3 Å². The number of nitrogens with one attached hydrogen (secondary N) is 2. The summed E-state index contributed by atoms with van der Waals surface area (Å²) in [5.74, 6) is 0.0491. The van der Waals surface area contributed by atoms with Crippen LogP contribution in [-0.2, 0) is 9.53 Å². The highest BCUT2D eigenvalue weighted by Crippen LogP contribution is 2.24. The highest BCUT2D eigenvalue weighted by molar-refractivity contribution is 5.83. The molecular formula is C11H22N2O3. The third-order valence-corrected chi connectivity index (χ3v) is 3.10. The molecule has 1 heterocycles. The van der Waals surface area contributed by atoms with Gasteiger partial charge in [0.15, 0.2) is 0 Å². The highest BCUT2D eigenvalue weighted by Gasteiger charge is 2.36. The summed E-state index contributed by atoms with van der Waals surface area (Å²) in [6.45, 7) is 4.07. The summed E-state index contributed by atoms with van der Waals surface area (Å²) in [5.41, 5.74) is -0.318. The van der Waals surface area contributed by atoms with E-state index in [1.807, 2.05) is 6.92 Å². The zero-order chi connectivity index (χ0) is 12.0. The van der Waals surface area contributed by atoms with Gasteiger partial charge in [-0.25, -0.2) is 0 Å². The molecule has 0 radical (unpaired) electrons. The molecule has 0 saturated carbocycles. The van der Waals surface area contributed by atoms with E-state index in [1.165, 1.54) is 0 Å². The molecule has 0 spiro atoms. The van der Waals surface area contributed by atoms with Gasteiger partial charge in [0.25, 0.3) is 0 Å². The SMILES string of the molecule is COCC(CCO)NC(=O)C1(C)CCNC1. The van der Waals surface area contributed by atoms with Crippen molar-refractivity contribution in [2.45, 2.75) is 25.8 Å². The lowest BCUT2D eigenvalue weighted by Crippen LogP contribution is -2.47. The normalized spacial score (nSPS) is 26.7. The lowest BCUT2D eigenvalue weighted by molar-refractivity contribution is -0.130. The third-order valence-electron chi connectivity index (χ3n) is 3.10. The Morgan fingerprint density at radius 1 is 1.69 bits per heavy atom. The van der Waals surface area contributed by atoms with Crippen molar-refractivity contribution >= 4 is 5.91 Å². The van der Waals surface area contributed by atoms with Crippen LogP contribution in [-0.4, -0.2) is 50.5 Å². The van der Waals surface area contributed by atoms with Crippen molar-refractivity contribution < 1.29 is 14.6 Å². The molecule has 5 heteroatoms. The minimum atomic E-state index is -0.318. The first-order valence-electron chi connectivity index (χ1n) is 5.74. The molecule has 0 bridgehead atoms. The molecule has 0 aromatic heterocycles. The predicted octanol–water partition coefficient (Wildman–Crippen LogP) is -0.500. The Bertz CT molecular complexity index is 221. The van der Waals surface area contributed by atoms with Crippen molar-refractivity contribution in [1.82, 2.24) is 10.6 Å². The summed E-state index contributed by atoms with van der Waals surface area (Å²) >= 11 is 0. The average molecular weight is 230 g/mol. The first kappa shape index (κ1) is 13.4. The van der Waals surface area contributed by atoms with E-state index in [4.69, 9.17) is 9.84 Å². The standard InChI is InChI=1S/C11H22N2O3/c1-11(4-5-12-8-11)10(15)13-9(3-6-14)7-16-2/h9,12,14H,3-8H2,1-2H3,(H,13,15). The molecular weight excluding hydrogens is 208 g/mol. The van der Waals surface area contributed by atoms with E-state index in [1.54, 1.807) is 7.11 Å². The van der Waals surface area contributed by atoms with Crippen LogP contribution in [0, 0.1) is 5.41 Å². The Hall–Kier alpha value is -0.650. The van der Waals surface area contributed by atoms with Crippen LogP contribution in [0.4, 0.5) is 0 Å². The third kappa shape index (κ3) is 3.43. The van der Waals surface area contributed by atoms with Crippen LogP contribution in [0.25, 0.3) is 0 Å². The van der Waals surface area contributed by atoms with E-state index >= 15 is 0 Å². The maximum absolute atomic E-state index is 12.0. The molecule has 1 rings (SSSR count). The molecule has 3 N–H and O–H groups in total. The van der Waals surface area contributed by atoms with Crippen LogP contribution >= 0.6 is 0 Å². The van der Waals surface area contributed by atoms with E-state index in [2.05, 4.69) is 10.6 Å². The molecule has 1 fully saturated rings. The molecule has 1 aliphatic rings. The van der Waals surface area contributed by atoms with E-state index < -0.39 is 0 Å². The lowest BCUT2D eigenvalue weighted by atomic mass is 9.88. The number of carbonyl (C=O) groups is 1. The van der Waals surface area contributed by atoms with Gasteiger partial charge in [0.1, 0.15) is 0 Å². The second kappa shape index (κ2) is 6.18. The summed E-state index contributed by atoms with van der Waals surface area (Å²) < 4.78 is 5.01. The van der Waals surface area contributed by atoms with Crippen molar-refractivity contribution in [2.75, 3.05) is 33.4 Å². The van der Waals surface area contributed by atoms with Gasteiger partial charge in [0.05, 0.1) is 18.1 Å². The fourth-order valence-electron chi connectivity index (χ4n) is 1.92. The van der Waals surface area contributed by atoms with Crippen molar-refractivity contribution in [3.8, 4) is 0 Å². The molecule has 1 saturated heterocycles. The molecule has 16 heavy (non-hydrogen) atoms. The Kier molecular flexibility index (Phi) is 5.18. The van der Waals surface area contributed by atoms with Crippen LogP contribution in [0.2, 0.25) is 0 Å². The molecule has 2 atom stereocenters. The van der Waals surface area contributed by atoms with Crippen molar-refractivity contribution in [1.29, 1.82) is 0 Å². The second-order valence-corrected chi connectivity index (χ2v) is 4.63. The van der Waals surface area contributed by atoms with Crippen LogP contribution in [0.15, 0.2) is 0 Å². The maximum atomic E-state index is 12.0. The van der Waals surface area contributed by atoms with Crippen LogP contribution in [0.1, 0.15) is 19.8 Å². The number of aliphatic hydroxyl groups is 1. The Balaban J connectivity index is 2.46. The summed E-state index contributed by atoms with van der Waals surface area (Å²) in [4.78, 5) is 12.0. The summed E-state index contributed by atoms with van der Waals surface area (Å²) in [7, 11) is 1.59. The zero-order valence-electron chi connectivity index (χ0n) is 10.1. The molecule has 1 aliphatic heterocycles. The Morgan fingerprint density at radius 3 is 2.94 bits per heavy atom. The van der Waals surface area contributed by atoms with Crippen molar-refractivity contribution in [3.63, 3.8) is 0 Å². The summed E-state index contributed by atoms with van der Waals surface area (Å²) in [5, 5.41) is 15.0. The average Bonchev–Trinajstić information content (AvgIpc) is 2.67. The minimum Gasteiger partial charge on any atom is -0.396 e. The number of aliphatic hydroxyl groups excluding tert-OH is 1. The monoisotopic (exact) mass is 230 g/mol. The van der Waals surface area contributed by atoms with E-state index in [0.717, 1.165) is 19.5 Å². The Labute approximate surface area is 96.6 Å².